The van der Waals surface area contributed by atoms with Gasteiger partial charge in [-0.2, -0.15) is 8.75 Å². The van der Waals surface area contributed by atoms with Crippen molar-refractivity contribution in [3.05, 3.63) is 5.15 Å². The summed E-state index contributed by atoms with van der Waals surface area (Å²) in [5.41, 5.74) is 0. The molecule has 0 spiro atoms. The molecule has 0 atom stereocenters. The van der Waals surface area contributed by atoms with E-state index in [0.29, 0.717) is 11.8 Å². The summed E-state index contributed by atoms with van der Waals surface area (Å²) in [6.07, 6.45) is 1.57. The minimum atomic E-state index is -0.0883. The highest BCUT2D eigenvalue weighted by molar-refractivity contribution is 6.99. The summed E-state index contributed by atoms with van der Waals surface area (Å²) in [6, 6.07) is 0. The van der Waals surface area contributed by atoms with E-state index in [1.807, 2.05) is 6.92 Å². The zero-order valence-corrected chi connectivity index (χ0v) is 11.1. The van der Waals surface area contributed by atoms with E-state index in [0.717, 1.165) is 43.5 Å². The number of nitrogens with zero attached hydrogens (tertiary/aromatic N) is 3. The Morgan fingerprint density at radius 1 is 1.53 bits per heavy atom. The highest BCUT2D eigenvalue weighted by Gasteiger charge is 2.27. The summed E-state index contributed by atoms with van der Waals surface area (Å²) in [5.74, 6) is 0.658. The van der Waals surface area contributed by atoms with Crippen LogP contribution < -0.4 is 4.90 Å². The zero-order chi connectivity index (χ0) is 12.3. The molecule has 7 heteroatoms. The molecule has 17 heavy (non-hydrogen) atoms. The minimum Gasteiger partial charge on any atom is -0.466 e. The third kappa shape index (κ3) is 2.87. The molecule has 0 saturated carbocycles. The van der Waals surface area contributed by atoms with Crippen molar-refractivity contribution < 1.29 is 9.53 Å². The third-order valence-electron chi connectivity index (χ3n) is 2.85. The fourth-order valence-corrected chi connectivity index (χ4v) is 2.73. The van der Waals surface area contributed by atoms with Gasteiger partial charge < -0.3 is 9.64 Å². The Hall–Kier alpha value is -0.880. The van der Waals surface area contributed by atoms with E-state index >= 15 is 0 Å². The molecule has 0 aliphatic carbocycles. The van der Waals surface area contributed by atoms with Gasteiger partial charge in [-0.05, 0) is 19.8 Å². The molecule has 0 aromatic carbocycles. The van der Waals surface area contributed by atoms with Crippen molar-refractivity contribution in [2.75, 3.05) is 24.6 Å². The van der Waals surface area contributed by atoms with E-state index in [2.05, 4.69) is 13.6 Å². The van der Waals surface area contributed by atoms with E-state index in [1.54, 1.807) is 0 Å². The molecule has 0 unspecified atom stereocenters. The SMILES string of the molecule is CCOC(=O)C1CCN(c2nsnc2Cl)CC1. The molecule has 1 saturated heterocycles. The maximum atomic E-state index is 11.6. The number of carbonyl (C=O) groups is 1. The lowest BCUT2D eigenvalue weighted by molar-refractivity contribution is -0.148. The van der Waals surface area contributed by atoms with Crippen LogP contribution in [0.5, 0.6) is 0 Å². The molecule has 1 aliphatic rings. The average Bonchev–Trinajstić information content (AvgIpc) is 2.76. The smallest absolute Gasteiger partial charge is 0.309 e. The molecule has 94 valence electrons. The van der Waals surface area contributed by atoms with Crippen LogP contribution in [0.3, 0.4) is 0 Å². The second-order valence-corrected chi connectivity index (χ2v) is 4.78. The highest BCUT2D eigenvalue weighted by atomic mass is 35.5. The molecule has 1 aromatic rings. The van der Waals surface area contributed by atoms with Crippen molar-refractivity contribution in [3.8, 4) is 0 Å². The van der Waals surface area contributed by atoms with Crippen LogP contribution in [0.25, 0.3) is 0 Å². The minimum absolute atomic E-state index is 0.0107. The number of halogens is 1. The second kappa shape index (κ2) is 5.64. The summed E-state index contributed by atoms with van der Waals surface area (Å²) < 4.78 is 13.1. The largest absolute Gasteiger partial charge is 0.466 e. The Balaban J connectivity index is 1.90. The number of anilines is 1. The molecule has 0 amide bonds. The van der Waals surface area contributed by atoms with E-state index in [9.17, 15) is 4.79 Å². The molecule has 5 nitrogen and oxygen atoms in total. The highest BCUT2D eigenvalue weighted by Crippen LogP contribution is 2.28. The number of carbonyl (C=O) groups excluding carboxylic acids is 1. The molecule has 0 bridgehead atoms. The third-order valence-corrected chi connectivity index (χ3v) is 3.72. The molecule has 1 fully saturated rings. The van der Waals surface area contributed by atoms with Crippen LogP contribution in [0.2, 0.25) is 5.15 Å². The van der Waals surface area contributed by atoms with E-state index in [4.69, 9.17) is 16.3 Å². The number of esters is 1. The Labute approximate surface area is 109 Å². The van der Waals surface area contributed by atoms with Crippen molar-refractivity contribution in [2.45, 2.75) is 19.8 Å². The number of hydrogen-bond acceptors (Lipinski definition) is 6. The first-order valence-corrected chi connectivity index (χ1v) is 6.72. The zero-order valence-electron chi connectivity index (χ0n) is 9.56. The van der Waals surface area contributed by atoms with E-state index in [1.165, 1.54) is 0 Å². The summed E-state index contributed by atoms with van der Waals surface area (Å²) >= 11 is 7.04. The fourth-order valence-electron chi connectivity index (χ4n) is 1.95. The fraction of sp³-hybridized carbons (Fsp3) is 0.700. The van der Waals surface area contributed by atoms with Gasteiger partial charge in [0.05, 0.1) is 24.3 Å². The van der Waals surface area contributed by atoms with Gasteiger partial charge in [0.2, 0.25) is 0 Å². The maximum absolute atomic E-state index is 11.6. The van der Waals surface area contributed by atoms with Gasteiger partial charge in [-0.15, -0.1) is 0 Å². The molecule has 0 radical (unpaired) electrons. The van der Waals surface area contributed by atoms with Crippen molar-refractivity contribution in [1.82, 2.24) is 8.75 Å². The van der Waals surface area contributed by atoms with E-state index in [-0.39, 0.29) is 11.9 Å². The summed E-state index contributed by atoms with van der Waals surface area (Å²) in [7, 11) is 0. The van der Waals surface area contributed by atoms with Crippen molar-refractivity contribution in [2.24, 2.45) is 5.92 Å². The van der Waals surface area contributed by atoms with Crippen LogP contribution >= 0.6 is 23.3 Å². The van der Waals surface area contributed by atoms with Crippen LogP contribution in [0.4, 0.5) is 5.82 Å². The first-order chi connectivity index (χ1) is 8.22. The molecular weight excluding hydrogens is 262 g/mol. The lowest BCUT2D eigenvalue weighted by Crippen LogP contribution is -2.37. The Bertz CT molecular complexity index is 391. The lowest BCUT2D eigenvalue weighted by atomic mass is 9.97. The number of piperidine rings is 1. The van der Waals surface area contributed by atoms with Gasteiger partial charge in [0, 0.05) is 13.1 Å². The summed E-state index contributed by atoms with van der Waals surface area (Å²) in [4.78, 5) is 13.6. The normalized spacial score (nSPS) is 17.2. The second-order valence-electron chi connectivity index (χ2n) is 3.89. The molecule has 1 aromatic heterocycles. The van der Waals surface area contributed by atoms with E-state index < -0.39 is 0 Å². The predicted molar refractivity (Wildman–Crippen MR) is 66.5 cm³/mol. The molecule has 2 heterocycles. The molecule has 1 aliphatic heterocycles. The monoisotopic (exact) mass is 275 g/mol. The topological polar surface area (TPSA) is 55.3 Å². The van der Waals surface area contributed by atoms with Crippen LogP contribution in [-0.2, 0) is 9.53 Å². The first-order valence-electron chi connectivity index (χ1n) is 5.62. The number of ether oxygens (including phenoxy) is 1. The van der Waals surface area contributed by atoms with Gasteiger partial charge in [0.1, 0.15) is 0 Å². The Morgan fingerprint density at radius 2 is 2.24 bits per heavy atom. The molecule has 2 rings (SSSR count). The maximum Gasteiger partial charge on any atom is 0.309 e. The van der Waals surface area contributed by atoms with Gasteiger partial charge in [-0.1, -0.05) is 11.6 Å². The van der Waals surface area contributed by atoms with Gasteiger partial charge in [-0.3, -0.25) is 4.79 Å². The number of hydrogen-bond donors (Lipinski definition) is 0. The number of aromatic nitrogens is 2. The quantitative estimate of drug-likeness (QED) is 0.790. The van der Waals surface area contributed by atoms with Crippen molar-refractivity contribution >= 4 is 35.1 Å². The lowest BCUT2D eigenvalue weighted by Gasteiger charge is -2.30. The average molecular weight is 276 g/mol. The van der Waals surface area contributed by atoms with Gasteiger partial charge in [0.25, 0.3) is 0 Å². The number of rotatable bonds is 3. The molecule has 0 N–H and O–H groups in total. The summed E-state index contributed by atoms with van der Waals surface area (Å²) in [5, 5.41) is 0.449. The Morgan fingerprint density at radius 3 is 2.76 bits per heavy atom. The van der Waals surface area contributed by atoms with Crippen LogP contribution in [0, 0.1) is 5.92 Å². The van der Waals surface area contributed by atoms with Gasteiger partial charge >= 0.3 is 5.97 Å². The Kier molecular flexibility index (Phi) is 4.17. The van der Waals surface area contributed by atoms with Crippen LogP contribution in [0.15, 0.2) is 0 Å². The van der Waals surface area contributed by atoms with Crippen LogP contribution in [-0.4, -0.2) is 34.4 Å². The van der Waals surface area contributed by atoms with Crippen molar-refractivity contribution in [3.63, 3.8) is 0 Å². The van der Waals surface area contributed by atoms with Gasteiger partial charge in [0.15, 0.2) is 11.0 Å². The predicted octanol–water partition coefficient (Wildman–Crippen LogP) is 1.97. The standard InChI is InChI=1S/C10H14ClN3O2S/c1-2-16-10(15)7-3-5-14(6-4-7)9-8(11)12-17-13-9/h7H,2-6H2,1H3. The molecular formula is C10H14ClN3O2S. The first kappa shape index (κ1) is 12.6. The summed E-state index contributed by atoms with van der Waals surface area (Å²) in [6.45, 7) is 3.82. The van der Waals surface area contributed by atoms with Crippen molar-refractivity contribution in [1.29, 1.82) is 0 Å². The van der Waals surface area contributed by atoms with Crippen LogP contribution in [0.1, 0.15) is 19.8 Å². The van der Waals surface area contributed by atoms with Gasteiger partial charge in [-0.25, -0.2) is 0 Å².